The molecule has 0 amide bonds. The molecule has 4 heteroatoms. The van der Waals surface area contributed by atoms with Gasteiger partial charge in [-0.25, -0.2) is 9.37 Å². The van der Waals surface area contributed by atoms with Crippen molar-refractivity contribution in [2.45, 2.75) is 6.42 Å². The van der Waals surface area contributed by atoms with E-state index in [1.807, 2.05) is 54.7 Å². The summed E-state index contributed by atoms with van der Waals surface area (Å²) < 4.78 is 13.3. The Bertz CT molecular complexity index is 975. The first-order chi connectivity index (χ1) is 12.3. The molecule has 0 fully saturated rings. The molecule has 0 spiro atoms. The third kappa shape index (κ3) is 3.48. The third-order valence-corrected chi connectivity index (χ3v) is 4.03. The van der Waals surface area contributed by atoms with Crippen LogP contribution in [0.3, 0.4) is 0 Å². The van der Waals surface area contributed by atoms with E-state index in [0.717, 1.165) is 33.9 Å². The van der Waals surface area contributed by atoms with Gasteiger partial charge in [-0.1, -0.05) is 42.5 Å². The van der Waals surface area contributed by atoms with Crippen LogP contribution in [0, 0.1) is 5.82 Å². The minimum Gasteiger partial charge on any atom is -0.342 e. The van der Waals surface area contributed by atoms with Crippen LogP contribution in [-0.2, 0) is 6.42 Å². The van der Waals surface area contributed by atoms with Crippen LogP contribution in [0.2, 0.25) is 0 Å². The van der Waals surface area contributed by atoms with Gasteiger partial charge in [-0.2, -0.15) is 0 Å². The lowest BCUT2D eigenvalue weighted by Crippen LogP contribution is -1.91. The summed E-state index contributed by atoms with van der Waals surface area (Å²) in [6, 6.07) is 20.6. The molecule has 0 atom stereocenters. The lowest BCUT2D eigenvalue weighted by Gasteiger charge is -2.02. The number of imidazole rings is 1. The zero-order chi connectivity index (χ0) is 17.1. The number of nitrogens with one attached hydrogen (secondary N) is 1. The number of halogens is 1. The van der Waals surface area contributed by atoms with Crippen LogP contribution in [0.5, 0.6) is 0 Å². The van der Waals surface area contributed by atoms with Crippen molar-refractivity contribution in [3.63, 3.8) is 0 Å². The molecule has 0 aliphatic carbocycles. The Labute approximate surface area is 145 Å². The summed E-state index contributed by atoms with van der Waals surface area (Å²) in [5.41, 5.74) is 4.78. The van der Waals surface area contributed by atoms with E-state index in [1.54, 1.807) is 12.3 Å². The van der Waals surface area contributed by atoms with Crippen LogP contribution in [0.4, 0.5) is 4.39 Å². The molecule has 3 nitrogen and oxygen atoms in total. The first-order valence-electron chi connectivity index (χ1n) is 8.08. The Balaban J connectivity index is 1.54. The molecule has 0 aliphatic heterocycles. The van der Waals surface area contributed by atoms with Crippen LogP contribution in [-0.4, -0.2) is 15.0 Å². The van der Waals surface area contributed by atoms with Crippen LogP contribution in [0.15, 0.2) is 79.1 Å². The maximum atomic E-state index is 13.3. The molecule has 2 aromatic heterocycles. The van der Waals surface area contributed by atoms with E-state index in [1.165, 1.54) is 12.1 Å². The molecule has 0 aliphatic rings. The van der Waals surface area contributed by atoms with E-state index in [2.05, 4.69) is 15.0 Å². The monoisotopic (exact) mass is 329 g/mol. The summed E-state index contributed by atoms with van der Waals surface area (Å²) in [4.78, 5) is 12.2. The van der Waals surface area contributed by atoms with Crippen molar-refractivity contribution in [3.8, 4) is 22.5 Å². The third-order valence-electron chi connectivity index (χ3n) is 4.03. The van der Waals surface area contributed by atoms with Crippen LogP contribution >= 0.6 is 0 Å². The van der Waals surface area contributed by atoms with Gasteiger partial charge >= 0.3 is 0 Å². The highest BCUT2D eigenvalue weighted by atomic mass is 19.1. The normalized spacial score (nSPS) is 10.8. The van der Waals surface area contributed by atoms with Crippen molar-refractivity contribution in [2.75, 3.05) is 0 Å². The SMILES string of the molecule is Fc1cccc(Cc2ncc(-c3ccc(-c4ccccc4)nc3)[nH]2)c1. The molecule has 122 valence electrons. The Hall–Kier alpha value is -3.27. The molecule has 2 aromatic carbocycles. The van der Waals surface area contributed by atoms with E-state index < -0.39 is 0 Å². The molecule has 0 bridgehead atoms. The number of hydrogen-bond acceptors (Lipinski definition) is 2. The van der Waals surface area contributed by atoms with E-state index in [4.69, 9.17) is 0 Å². The second-order valence-corrected chi connectivity index (χ2v) is 5.85. The zero-order valence-electron chi connectivity index (χ0n) is 13.5. The van der Waals surface area contributed by atoms with Crippen molar-refractivity contribution in [2.24, 2.45) is 0 Å². The molecule has 1 N–H and O–H groups in total. The number of aromatic amines is 1. The van der Waals surface area contributed by atoms with Crippen molar-refractivity contribution in [3.05, 3.63) is 96.3 Å². The number of rotatable bonds is 4. The number of pyridine rings is 1. The highest BCUT2D eigenvalue weighted by molar-refractivity contribution is 5.64. The minimum absolute atomic E-state index is 0.231. The molecular formula is C21H16FN3. The van der Waals surface area contributed by atoms with Gasteiger partial charge < -0.3 is 4.98 Å². The van der Waals surface area contributed by atoms with Gasteiger partial charge in [0.05, 0.1) is 17.6 Å². The van der Waals surface area contributed by atoms with Gasteiger partial charge in [-0.05, 0) is 29.8 Å². The molecule has 0 saturated carbocycles. The van der Waals surface area contributed by atoms with Gasteiger partial charge in [0.25, 0.3) is 0 Å². The number of benzene rings is 2. The first kappa shape index (κ1) is 15.3. The average Bonchev–Trinajstić information content (AvgIpc) is 3.11. The second-order valence-electron chi connectivity index (χ2n) is 5.85. The fourth-order valence-corrected chi connectivity index (χ4v) is 2.77. The van der Waals surface area contributed by atoms with Crippen molar-refractivity contribution in [1.82, 2.24) is 15.0 Å². The average molecular weight is 329 g/mol. The van der Waals surface area contributed by atoms with Crippen LogP contribution < -0.4 is 0 Å². The quantitative estimate of drug-likeness (QED) is 0.580. The summed E-state index contributed by atoms with van der Waals surface area (Å²) in [6.07, 6.45) is 4.18. The fourth-order valence-electron chi connectivity index (χ4n) is 2.77. The molecular weight excluding hydrogens is 313 g/mol. The largest absolute Gasteiger partial charge is 0.342 e. The Morgan fingerprint density at radius 1 is 0.800 bits per heavy atom. The fraction of sp³-hybridized carbons (Fsp3) is 0.0476. The van der Waals surface area contributed by atoms with Crippen molar-refractivity contribution < 1.29 is 4.39 Å². The lowest BCUT2D eigenvalue weighted by atomic mass is 10.1. The predicted octanol–water partition coefficient (Wildman–Crippen LogP) is 4.87. The summed E-state index contributed by atoms with van der Waals surface area (Å²) in [7, 11) is 0. The van der Waals surface area contributed by atoms with Gasteiger partial charge in [0.2, 0.25) is 0 Å². The van der Waals surface area contributed by atoms with Crippen LogP contribution in [0.25, 0.3) is 22.5 Å². The number of hydrogen-bond donors (Lipinski definition) is 1. The highest BCUT2D eigenvalue weighted by Crippen LogP contribution is 2.21. The number of aromatic nitrogens is 3. The predicted molar refractivity (Wildman–Crippen MR) is 96.5 cm³/mol. The molecule has 2 heterocycles. The lowest BCUT2D eigenvalue weighted by molar-refractivity contribution is 0.626. The van der Waals surface area contributed by atoms with E-state index >= 15 is 0 Å². The topological polar surface area (TPSA) is 41.6 Å². The standard InChI is InChI=1S/C21H16FN3/c22-18-8-4-5-15(11-18)12-21-24-14-20(25-21)17-9-10-19(23-13-17)16-6-2-1-3-7-16/h1-11,13-14H,12H2,(H,24,25). The van der Waals surface area contributed by atoms with Gasteiger partial charge in [0.15, 0.2) is 0 Å². The summed E-state index contributed by atoms with van der Waals surface area (Å²) >= 11 is 0. The molecule has 0 unspecified atom stereocenters. The Kier molecular flexibility index (Phi) is 4.09. The Morgan fingerprint density at radius 3 is 2.44 bits per heavy atom. The maximum absolute atomic E-state index is 13.3. The van der Waals surface area contributed by atoms with E-state index in [-0.39, 0.29) is 5.82 Å². The van der Waals surface area contributed by atoms with E-state index in [0.29, 0.717) is 6.42 Å². The number of H-pyrrole nitrogens is 1. The smallest absolute Gasteiger partial charge is 0.123 e. The van der Waals surface area contributed by atoms with Crippen molar-refractivity contribution >= 4 is 0 Å². The maximum Gasteiger partial charge on any atom is 0.123 e. The van der Waals surface area contributed by atoms with E-state index in [9.17, 15) is 4.39 Å². The van der Waals surface area contributed by atoms with Crippen molar-refractivity contribution in [1.29, 1.82) is 0 Å². The zero-order valence-corrected chi connectivity index (χ0v) is 13.5. The minimum atomic E-state index is -0.231. The molecule has 0 saturated heterocycles. The molecule has 4 aromatic rings. The summed E-state index contributed by atoms with van der Waals surface area (Å²) in [5.74, 6) is 0.567. The highest BCUT2D eigenvalue weighted by Gasteiger charge is 2.06. The van der Waals surface area contributed by atoms with Gasteiger partial charge in [0, 0.05) is 23.7 Å². The summed E-state index contributed by atoms with van der Waals surface area (Å²) in [6.45, 7) is 0. The molecule has 0 radical (unpaired) electrons. The second kappa shape index (κ2) is 6.69. The molecule has 25 heavy (non-hydrogen) atoms. The van der Waals surface area contributed by atoms with Gasteiger partial charge in [-0.3, -0.25) is 4.98 Å². The first-order valence-corrected chi connectivity index (χ1v) is 8.08. The van der Waals surface area contributed by atoms with Gasteiger partial charge in [0.1, 0.15) is 11.6 Å². The summed E-state index contributed by atoms with van der Waals surface area (Å²) in [5, 5.41) is 0. The Morgan fingerprint density at radius 2 is 1.68 bits per heavy atom. The molecule has 4 rings (SSSR count). The van der Waals surface area contributed by atoms with Crippen LogP contribution in [0.1, 0.15) is 11.4 Å². The van der Waals surface area contributed by atoms with Gasteiger partial charge in [-0.15, -0.1) is 0 Å². The number of nitrogens with zero attached hydrogens (tertiary/aromatic N) is 2.